The fourth-order valence-electron chi connectivity index (χ4n) is 1.83. The first-order chi connectivity index (χ1) is 11.0. The van der Waals surface area contributed by atoms with Crippen LogP contribution in [0.15, 0.2) is 42.5 Å². The highest BCUT2D eigenvalue weighted by Crippen LogP contribution is 2.46. The van der Waals surface area contributed by atoms with Gasteiger partial charge in [0.25, 0.3) is 0 Å². The standard InChI is InChI=1S/C15H12F6N2O/c16-13(14(17,18)15(19,20)21)8-4-6-9(7-5-8)24-11-3-1-2-10(22)12(11)23/h1-7,13H,22-23H2. The van der Waals surface area contributed by atoms with Crippen LogP contribution in [0, 0.1) is 0 Å². The summed E-state index contributed by atoms with van der Waals surface area (Å²) in [6.45, 7) is 0. The first kappa shape index (κ1) is 17.8. The van der Waals surface area contributed by atoms with E-state index in [9.17, 15) is 26.3 Å². The molecule has 2 aromatic rings. The van der Waals surface area contributed by atoms with Crippen LogP contribution in [0.1, 0.15) is 11.7 Å². The SMILES string of the molecule is Nc1cccc(Oc2ccc(C(F)C(F)(F)C(F)(F)F)cc2)c1N. The summed E-state index contributed by atoms with van der Waals surface area (Å²) in [7, 11) is 0. The number of halogens is 6. The third-order valence-electron chi connectivity index (χ3n) is 3.20. The lowest BCUT2D eigenvalue weighted by Crippen LogP contribution is -2.40. The zero-order valence-corrected chi connectivity index (χ0v) is 11.9. The lowest BCUT2D eigenvalue weighted by molar-refractivity contribution is -0.305. The first-order valence-corrected chi connectivity index (χ1v) is 6.54. The number of para-hydroxylation sites is 1. The van der Waals surface area contributed by atoms with E-state index < -0.39 is 23.8 Å². The number of alkyl halides is 6. The molecular weight excluding hydrogens is 338 g/mol. The van der Waals surface area contributed by atoms with Crippen LogP contribution in [0.2, 0.25) is 0 Å². The minimum absolute atomic E-state index is 0.0681. The van der Waals surface area contributed by atoms with Gasteiger partial charge in [-0.15, -0.1) is 0 Å². The lowest BCUT2D eigenvalue weighted by Gasteiger charge is -2.23. The number of hydrogen-bond donors (Lipinski definition) is 2. The molecule has 4 N–H and O–H groups in total. The van der Waals surface area contributed by atoms with E-state index in [2.05, 4.69) is 0 Å². The molecule has 0 fully saturated rings. The molecule has 0 aliphatic carbocycles. The maximum Gasteiger partial charge on any atom is 0.456 e. The Labute approximate surface area is 132 Å². The predicted molar refractivity (Wildman–Crippen MR) is 76.6 cm³/mol. The van der Waals surface area contributed by atoms with Gasteiger partial charge in [0.05, 0.1) is 11.4 Å². The molecule has 1 atom stereocenters. The van der Waals surface area contributed by atoms with Gasteiger partial charge in [0.15, 0.2) is 11.9 Å². The van der Waals surface area contributed by atoms with Crippen molar-refractivity contribution in [3.63, 3.8) is 0 Å². The Morgan fingerprint density at radius 2 is 1.46 bits per heavy atom. The molecule has 2 rings (SSSR count). The van der Waals surface area contributed by atoms with Crippen LogP contribution in [0.5, 0.6) is 11.5 Å². The smallest absolute Gasteiger partial charge is 0.455 e. The normalized spacial score (nSPS) is 13.6. The first-order valence-electron chi connectivity index (χ1n) is 6.54. The van der Waals surface area contributed by atoms with Crippen molar-refractivity contribution in [3.8, 4) is 11.5 Å². The zero-order valence-electron chi connectivity index (χ0n) is 11.9. The minimum atomic E-state index is -5.99. The Hall–Kier alpha value is -2.58. The average Bonchev–Trinajstić information content (AvgIpc) is 2.51. The second kappa shape index (κ2) is 6.14. The Bertz CT molecular complexity index is 715. The van der Waals surface area contributed by atoms with Gasteiger partial charge in [0, 0.05) is 0 Å². The van der Waals surface area contributed by atoms with E-state index in [0.717, 1.165) is 24.3 Å². The van der Waals surface area contributed by atoms with Gasteiger partial charge in [-0.3, -0.25) is 0 Å². The van der Waals surface area contributed by atoms with Crippen molar-refractivity contribution in [1.29, 1.82) is 0 Å². The number of nitrogen functional groups attached to an aromatic ring is 2. The fraction of sp³-hybridized carbons (Fsp3) is 0.200. The maximum atomic E-state index is 13.5. The number of nitrogens with two attached hydrogens (primary N) is 2. The molecule has 24 heavy (non-hydrogen) atoms. The van der Waals surface area contributed by atoms with E-state index in [1.807, 2.05) is 0 Å². The fourth-order valence-corrected chi connectivity index (χ4v) is 1.83. The Morgan fingerprint density at radius 3 is 2.00 bits per heavy atom. The summed E-state index contributed by atoms with van der Waals surface area (Å²) in [5.74, 6) is -5.26. The van der Waals surface area contributed by atoms with Gasteiger partial charge < -0.3 is 16.2 Å². The van der Waals surface area contributed by atoms with Gasteiger partial charge in [-0.25, -0.2) is 4.39 Å². The average molecular weight is 350 g/mol. The largest absolute Gasteiger partial charge is 0.456 e. The quantitative estimate of drug-likeness (QED) is 0.612. The molecule has 0 amide bonds. The van der Waals surface area contributed by atoms with Crippen LogP contribution in [0.3, 0.4) is 0 Å². The van der Waals surface area contributed by atoms with Crippen LogP contribution in [-0.4, -0.2) is 12.1 Å². The van der Waals surface area contributed by atoms with Crippen molar-refractivity contribution in [2.45, 2.75) is 18.3 Å². The third-order valence-corrected chi connectivity index (χ3v) is 3.20. The highest BCUT2D eigenvalue weighted by Gasteiger charge is 2.63. The Balaban J connectivity index is 2.21. The molecule has 0 heterocycles. The zero-order chi connectivity index (χ0) is 18.1. The van der Waals surface area contributed by atoms with E-state index in [1.54, 1.807) is 6.07 Å². The molecule has 0 bridgehead atoms. The summed E-state index contributed by atoms with van der Waals surface area (Å²) in [6, 6.07) is 8.22. The van der Waals surface area contributed by atoms with E-state index in [4.69, 9.17) is 16.2 Å². The van der Waals surface area contributed by atoms with E-state index in [-0.39, 0.29) is 22.9 Å². The molecule has 0 saturated carbocycles. The van der Waals surface area contributed by atoms with Crippen LogP contribution in [-0.2, 0) is 0 Å². The van der Waals surface area contributed by atoms with Crippen molar-refractivity contribution < 1.29 is 31.1 Å². The van der Waals surface area contributed by atoms with Gasteiger partial charge in [-0.05, 0) is 29.8 Å². The number of hydrogen-bond acceptors (Lipinski definition) is 3. The molecule has 1 unspecified atom stereocenters. The molecule has 2 aromatic carbocycles. The molecule has 0 saturated heterocycles. The number of anilines is 2. The molecule has 0 spiro atoms. The van der Waals surface area contributed by atoms with Gasteiger partial charge in [-0.1, -0.05) is 18.2 Å². The highest BCUT2D eigenvalue weighted by molar-refractivity contribution is 5.71. The van der Waals surface area contributed by atoms with Crippen LogP contribution in [0.4, 0.5) is 37.7 Å². The molecule has 0 aromatic heterocycles. The van der Waals surface area contributed by atoms with Crippen LogP contribution in [0.25, 0.3) is 0 Å². The molecule has 9 heteroatoms. The second-order valence-electron chi connectivity index (χ2n) is 4.91. The Morgan fingerprint density at radius 1 is 0.875 bits per heavy atom. The summed E-state index contributed by atoms with van der Waals surface area (Å²) in [4.78, 5) is 0. The van der Waals surface area contributed by atoms with Crippen molar-refractivity contribution in [1.82, 2.24) is 0 Å². The predicted octanol–water partition coefficient (Wildman–Crippen LogP) is 4.85. The van der Waals surface area contributed by atoms with Crippen LogP contribution >= 0.6 is 0 Å². The van der Waals surface area contributed by atoms with Gasteiger partial charge in [0.2, 0.25) is 0 Å². The van der Waals surface area contributed by atoms with E-state index >= 15 is 0 Å². The molecule has 0 aliphatic rings. The number of benzene rings is 2. The van der Waals surface area contributed by atoms with Gasteiger partial charge >= 0.3 is 12.1 Å². The topological polar surface area (TPSA) is 61.3 Å². The summed E-state index contributed by atoms with van der Waals surface area (Å²) >= 11 is 0. The summed E-state index contributed by atoms with van der Waals surface area (Å²) in [5.41, 5.74) is 10.8. The number of ether oxygens (including phenoxy) is 1. The highest BCUT2D eigenvalue weighted by atomic mass is 19.4. The monoisotopic (exact) mass is 350 g/mol. The summed E-state index contributed by atoms with van der Waals surface area (Å²) in [5, 5.41) is 0. The van der Waals surface area contributed by atoms with Crippen molar-refractivity contribution in [2.75, 3.05) is 11.5 Å². The van der Waals surface area contributed by atoms with Crippen molar-refractivity contribution >= 4 is 11.4 Å². The number of rotatable bonds is 4. The second-order valence-corrected chi connectivity index (χ2v) is 4.91. The van der Waals surface area contributed by atoms with Crippen molar-refractivity contribution in [3.05, 3.63) is 48.0 Å². The maximum absolute atomic E-state index is 13.5. The Kier molecular flexibility index (Phi) is 4.54. The molecule has 0 aliphatic heterocycles. The minimum Gasteiger partial charge on any atom is -0.455 e. The molecule has 0 radical (unpaired) electrons. The molecule has 130 valence electrons. The van der Waals surface area contributed by atoms with Gasteiger partial charge in [0.1, 0.15) is 5.75 Å². The van der Waals surface area contributed by atoms with E-state index in [1.165, 1.54) is 12.1 Å². The van der Waals surface area contributed by atoms with Crippen molar-refractivity contribution in [2.24, 2.45) is 0 Å². The van der Waals surface area contributed by atoms with Crippen LogP contribution < -0.4 is 16.2 Å². The summed E-state index contributed by atoms with van der Waals surface area (Å²) in [6.07, 6.45) is -9.51. The lowest BCUT2D eigenvalue weighted by atomic mass is 10.0. The van der Waals surface area contributed by atoms with Gasteiger partial charge in [-0.2, -0.15) is 22.0 Å². The molecule has 3 nitrogen and oxygen atoms in total. The summed E-state index contributed by atoms with van der Waals surface area (Å²) < 4.78 is 81.4. The third kappa shape index (κ3) is 3.34. The molecular formula is C15H12F6N2O. The van der Waals surface area contributed by atoms with E-state index in [0.29, 0.717) is 0 Å².